The fourth-order valence-electron chi connectivity index (χ4n) is 3.08. The predicted octanol–water partition coefficient (Wildman–Crippen LogP) is 1.51. The summed E-state index contributed by atoms with van der Waals surface area (Å²) in [5.41, 5.74) is 1.17. The number of nitrogens with one attached hydrogen (secondary N) is 1. The molecule has 1 N–H and O–H groups in total. The van der Waals surface area contributed by atoms with Gasteiger partial charge >= 0.3 is 0 Å². The van der Waals surface area contributed by atoms with Crippen molar-refractivity contribution in [3.8, 4) is 5.75 Å². The van der Waals surface area contributed by atoms with E-state index in [-0.39, 0.29) is 11.9 Å². The number of likely N-dealkylation sites (N-methyl/N-ethyl adjacent to an activating group) is 1. The maximum absolute atomic E-state index is 12.3. The molecule has 1 aromatic rings. The summed E-state index contributed by atoms with van der Waals surface area (Å²) in [5.74, 6) is 0.925. The minimum Gasteiger partial charge on any atom is -0.492 e. The van der Waals surface area contributed by atoms with E-state index in [4.69, 9.17) is 4.74 Å². The number of aryl methyl sites for hydroxylation is 1. The Morgan fingerprint density at radius 3 is 2.91 bits per heavy atom. The van der Waals surface area contributed by atoms with E-state index in [1.165, 1.54) is 5.56 Å². The second-order valence-corrected chi connectivity index (χ2v) is 6.48. The Balaban J connectivity index is 1.72. The zero-order valence-electron chi connectivity index (χ0n) is 14.7. The third-order valence-electron chi connectivity index (χ3n) is 4.42. The molecule has 0 spiro atoms. The summed E-state index contributed by atoms with van der Waals surface area (Å²) in [6.07, 6.45) is 0. The number of rotatable bonds is 6. The number of carbonyl (C=O) groups is 1. The van der Waals surface area contributed by atoms with Gasteiger partial charge in [-0.1, -0.05) is 12.1 Å². The van der Waals surface area contributed by atoms with Crippen LogP contribution in [-0.4, -0.2) is 67.6 Å². The summed E-state index contributed by atoms with van der Waals surface area (Å²) in [4.78, 5) is 16.9. The van der Waals surface area contributed by atoms with E-state index in [1.54, 1.807) is 0 Å². The lowest BCUT2D eigenvalue weighted by Gasteiger charge is -2.41. The summed E-state index contributed by atoms with van der Waals surface area (Å²) >= 11 is 0. The molecule has 0 bridgehead atoms. The van der Waals surface area contributed by atoms with Gasteiger partial charge in [0.15, 0.2) is 0 Å². The smallest absolute Gasteiger partial charge is 0.237 e. The highest BCUT2D eigenvalue weighted by Crippen LogP contribution is 2.13. The van der Waals surface area contributed by atoms with Crippen LogP contribution in [0, 0.1) is 6.92 Å². The van der Waals surface area contributed by atoms with Gasteiger partial charge in [-0.15, -0.1) is 0 Å². The number of hydrogen-bond donors (Lipinski definition) is 1. The number of amides is 1. The van der Waals surface area contributed by atoms with Crippen molar-refractivity contribution in [1.82, 2.24) is 15.1 Å². The molecule has 23 heavy (non-hydrogen) atoms. The zero-order valence-corrected chi connectivity index (χ0v) is 14.7. The van der Waals surface area contributed by atoms with Crippen LogP contribution in [0.1, 0.15) is 19.4 Å². The van der Waals surface area contributed by atoms with Crippen LogP contribution < -0.4 is 10.1 Å². The van der Waals surface area contributed by atoms with Gasteiger partial charge in [0.05, 0.1) is 12.6 Å². The van der Waals surface area contributed by atoms with Gasteiger partial charge in [0.2, 0.25) is 5.91 Å². The molecule has 1 aliphatic heterocycles. The minimum absolute atomic E-state index is 0.0780. The summed E-state index contributed by atoms with van der Waals surface area (Å²) in [7, 11) is 2.13. The topological polar surface area (TPSA) is 44.8 Å². The molecule has 128 valence electrons. The molecule has 1 aromatic carbocycles. The van der Waals surface area contributed by atoms with Crippen LogP contribution in [0.15, 0.2) is 24.3 Å². The highest BCUT2D eigenvalue weighted by atomic mass is 16.5. The maximum Gasteiger partial charge on any atom is 0.237 e. The average Bonchev–Trinajstić information content (AvgIpc) is 2.51. The first kappa shape index (κ1) is 17.8. The molecular formula is C18H29N3O2. The van der Waals surface area contributed by atoms with Crippen LogP contribution in [0.5, 0.6) is 5.75 Å². The minimum atomic E-state index is -0.0994. The molecule has 1 aliphatic rings. The number of nitrogens with zero attached hydrogens (tertiary/aromatic N) is 2. The van der Waals surface area contributed by atoms with E-state index in [9.17, 15) is 4.79 Å². The van der Waals surface area contributed by atoms with Crippen molar-refractivity contribution in [1.29, 1.82) is 0 Å². The van der Waals surface area contributed by atoms with Crippen LogP contribution >= 0.6 is 0 Å². The van der Waals surface area contributed by atoms with Gasteiger partial charge in [0, 0.05) is 25.7 Å². The van der Waals surface area contributed by atoms with E-state index in [0.717, 1.165) is 25.4 Å². The molecule has 0 unspecified atom stereocenters. The first-order chi connectivity index (χ1) is 11.0. The van der Waals surface area contributed by atoms with Crippen molar-refractivity contribution in [3.05, 3.63) is 29.8 Å². The van der Waals surface area contributed by atoms with Gasteiger partial charge < -0.3 is 15.0 Å². The fraction of sp³-hybridized carbons (Fsp3) is 0.611. The Kier molecular flexibility index (Phi) is 6.42. The number of benzene rings is 1. The first-order valence-corrected chi connectivity index (χ1v) is 8.39. The summed E-state index contributed by atoms with van der Waals surface area (Å²) in [6, 6.07) is 8.24. The zero-order chi connectivity index (χ0) is 16.8. The van der Waals surface area contributed by atoms with E-state index < -0.39 is 0 Å². The standard InChI is InChI=1S/C18H29N3O2/c1-14-6-5-7-17(12-14)23-11-8-19-18(22)16(3)21-10-9-20(4)13-15(21)2/h5-7,12,15-16H,8-11,13H2,1-4H3,(H,19,22)/t15-,16-/m0/s1. The predicted molar refractivity (Wildman–Crippen MR) is 92.8 cm³/mol. The van der Waals surface area contributed by atoms with Gasteiger partial charge in [0.25, 0.3) is 0 Å². The summed E-state index contributed by atoms with van der Waals surface area (Å²) in [5, 5.41) is 2.98. The SMILES string of the molecule is Cc1cccc(OCCNC(=O)[C@H](C)N2CCN(C)C[C@@H]2C)c1. The highest BCUT2D eigenvalue weighted by Gasteiger charge is 2.29. The van der Waals surface area contributed by atoms with E-state index in [0.29, 0.717) is 19.2 Å². The van der Waals surface area contributed by atoms with Gasteiger partial charge in [-0.2, -0.15) is 0 Å². The van der Waals surface area contributed by atoms with Crippen LogP contribution in [0.2, 0.25) is 0 Å². The van der Waals surface area contributed by atoms with Gasteiger partial charge in [-0.3, -0.25) is 9.69 Å². The molecule has 0 aromatic heterocycles. The number of carbonyl (C=O) groups excluding carboxylic acids is 1. The van der Waals surface area contributed by atoms with Crippen LogP contribution in [0.3, 0.4) is 0 Å². The molecule has 0 aliphatic carbocycles. The Morgan fingerprint density at radius 2 is 2.22 bits per heavy atom. The van der Waals surface area contributed by atoms with Crippen LogP contribution in [0.4, 0.5) is 0 Å². The lowest BCUT2D eigenvalue weighted by molar-refractivity contribution is -0.127. The van der Waals surface area contributed by atoms with Crippen molar-refractivity contribution >= 4 is 5.91 Å². The van der Waals surface area contributed by atoms with Crippen molar-refractivity contribution in [2.24, 2.45) is 0 Å². The number of piperazine rings is 1. The second kappa shape index (κ2) is 8.31. The molecule has 1 heterocycles. The Morgan fingerprint density at radius 1 is 1.43 bits per heavy atom. The van der Waals surface area contributed by atoms with Gasteiger partial charge in [-0.05, 0) is 45.5 Å². The van der Waals surface area contributed by atoms with Gasteiger partial charge in [0.1, 0.15) is 12.4 Å². The van der Waals surface area contributed by atoms with E-state index in [2.05, 4.69) is 29.1 Å². The van der Waals surface area contributed by atoms with Crippen LogP contribution in [-0.2, 0) is 4.79 Å². The average molecular weight is 319 g/mol. The molecule has 1 saturated heterocycles. The monoisotopic (exact) mass is 319 g/mol. The molecule has 5 nitrogen and oxygen atoms in total. The Labute approximate surface area is 139 Å². The van der Waals surface area contributed by atoms with Crippen LogP contribution in [0.25, 0.3) is 0 Å². The molecule has 0 radical (unpaired) electrons. The van der Waals surface area contributed by atoms with Crippen molar-refractivity contribution in [3.63, 3.8) is 0 Å². The highest BCUT2D eigenvalue weighted by molar-refractivity contribution is 5.81. The molecule has 2 atom stereocenters. The van der Waals surface area contributed by atoms with E-state index in [1.807, 2.05) is 38.1 Å². The van der Waals surface area contributed by atoms with Crippen molar-refractivity contribution < 1.29 is 9.53 Å². The number of ether oxygens (including phenoxy) is 1. The third-order valence-corrected chi connectivity index (χ3v) is 4.42. The maximum atomic E-state index is 12.3. The Bertz CT molecular complexity index is 521. The largest absolute Gasteiger partial charge is 0.492 e. The molecule has 5 heteroatoms. The quantitative estimate of drug-likeness (QED) is 0.808. The molecular weight excluding hydrogens is 290 g/mol. The van der Waals surface area contributed by atoms with E-state index >= 15 is 0 Å². The Hall–Kier alpha value is -1.59. The molecule has 2 rings (SSSR count). The fourth-order valence-corrected chi connectivity index (χ4v) is 3.08. The van der Waals surface area contributed by atoms with Crippen molar-refractivity contribution in [2.75, 3.05) is 39.8 Å². The molecule has 0 saturated carbocycles. The summed E-state index contributed by atoms with van der Waals surface area (Å²) < 4.78 is 5.66. The number of hydrogen-bond acceptors (Lipinski definition) is 4. The molecule has 1 amide bonds. The van der Waals surface area contributed by atoms with Crippen molar-refractivity contribution in [2.45, 2.75) is 32.9 Å². The lowest BCUT2D eigenvalue weighted by Crippen LogP contribution is -2.57. The lowest BCUT2D eigenvalue weighted by atomic mass is 10.1. The first-order valence-electron chi connectivity index (χ1n) is 8.39. The molecule has 1 fully saturated rings. The summed E-state index contributed by atoms with van der Waals surface area (Å²) in [6.45, 7) is 10.2. The normalized spacial score (nSPS) is 21.0. The van der Waals surface area contributed by atoms with Gasteiger partial charge in [-0.25, -0.2) is 0 Å². The third kappa shape index (κ3) is 5.22. The second-order valence-electron chi connectivity index (χ2n) is 6.48.